The van der Waals surface area contributed by atoms with Crippen molar-refractivity contribution in [3.8, 4) is 0 Å². The predicted molar refractivity (Wildman–Crippen MR) is 125 cm³/mol. The predicted octanol–water partition coefficient (Wildman–Crippen LogP) is 4.12. The Morgan fingerprint density at radius 1 is 1.10 bits per heavy atom. The fourth-order valence-electron chi connectivity index (χ4n) is 4.12. The smallest absolute Gasteiger partial charge is 0.225 e. The number of nitrogens with zero attached hydrogens (tertiary/aromatic N) is 4. The zero-order valence-electron chi connectivity index (χ0n) is 17.6. The van der Waals surface area contributed by atoms with Gasteiger partial charge in [0.05, 0.1) is 17.5 Å². The number of benzene rings is 1. The lowest BCUT2D eigenvalue weighted by Gasteiger charge is -2.29. The first kappa shape index (κ1) is 22.0. The number of aromatic amines is 1. The van der Waals surface area contributed by atoms with Gasteiger partial charge in [-0.05, 0) is 57.2 Å². The van der Waals surface area contributed by atoms with Crippen LogP contribution in [0.3, 0.4) is 0 Å². The third kappa shape index (κ3) is 5.08. The Morgan fingerprint density at radius 3 is 2.57 bits per heavy atom. The number of H-pyrrole nitrogens is 1. The van der Waals surface area contributed by atoms with Gasteiger partial charge >= 0.3 is 0 Å². The standard InChI is InChI=1S/C22H31N7.CH4/c1-15-20(25-14-24-15)13-23-12-16-8-10-17(11-9-16)26-22-27-19-7-5-4-6-18(19)21(28-22)29(2)3;/h4-7,14,16-17,23H,8-13H2,1-3H3,(H,24,25)(H,26,27,28);1H4. The molecule has 4 rings (SSSR count). The molecule has 1 aliphatic carbocycles. The Kier molecular flexibility index (Phi) is 7.26. The molecule has 0 unspecified atom stereocenters. The highest BCUT2D eigenvalue weighted by molar-refractivity contribution is 5.90. The minimum absolute atomic E-state index is 0. The van der Waals surface area contributed by atoms with Gasteiger partial charge in [-0.3, -0.25) is 0 Å². The van der Waals surface area contributed by atoms with Crippen LogP contribution in [-0.2, 0) is 6.54 Å². The van der Waals surface area contributed by atoms with Crippen LogP contribution >= 0.6 is 0 Å². The number of imidazole rings is 1. The van der Waals surface area contributed by atoms with E-state index in [0.29, 0.717) is 6.04 Å². The van der Waals surface area contributed by atoms with Crippen LogP contribution in [0.4, 0.5) is 11.8 Å². The molecule has 2 aromatic heterocycles. The van der Waals surface area contributed by atoms with Crippen LogP contribution in [0.15, 0.2) is 30.6 Å². The van der Waals surface area contributed by atoms with Crippen LogP contribution in [0.2, 0.25) is 0 Å². The van der Waals surface area contributed by atoms with Crippen molar-refractivity contribution in [2.45, 2.75) is 52.6 Å². The maximum absolute atomic E-state index is 4.78. The molecule has 0 aliphatic heterocycles. The first-order valence-corrected chi connectivity index (χ1v) is 10.5. The maximum atomic E-state index is 4.78. The van der Waals surface area contributed by atoms with Crippen LogP contribution < -0.4 is 15.5 Å². The Morgan fingerprint density at radius 2 is 1.87 bits per heavy atom. The third-order valence-corrected chi connectivity index (χ3v) is 5.85. The molecular weight excluding hydrogens is 374 g/mol. The van der Waals surface area contributed by atoms with Gasteiger partial charge in [0.2, 0.25) is 5.95 Å². The molecule has 1 saturated carbocycles. The van der Waals surface area contributed by atoms with Crippen LogP contribution in [0.25, 0.3) is 10.9 Å². The molecule has 0 amide bonds. The molecule has 0 radical (unpaired) electrons. The number of rotatable bonds is 7. The van der Waals surface area contributed by atoms with Gasteiger partial charge in [-0.2, -0.15) is 4.98 Å². The molecule has 7 nitrogen and oxygen atoms in total. The van der Waals surface area contributed by atoms with Gasteiger partial charge in [0.15, 0.2) is 0 Å². The number of fused-ring (bicyclic) bond motifs is 1. The van der Waals surface area contributed by atoms with E-state index in [1.165, 1.54) is 12.8 Å². The fraction of sp³-hybridized carbons (Fsp3) is 0.522. The first-order chi connectivity index (χ1) is 14.1. The SMILES string of the molecule is C.Cc1[nH]cnc1CNCC1CCC(Nc2nc(N(C)C)c3ccccc3n2)CC1. The summed E-state index contributed by atoms with van der Waals surface area (Å²) in [6.45, 7) is 3.96. The van der Waals surface area contributed by atoms with E-state index in [4.69, 9.17) is 9.97 Å². The molecule has 0 spiro atoms. The molecule has 3 aromatic rings. The molecule has 0 bridgehead atoms. The lowest BCUT2D eigenvalue weighted by molar-refractivity contribution is 0.323. The van der Waals surface area contributed by atoms with Crippen molar-refractivity contribution in [1.29, 1.82) is 0 Å². The van der Waals surface area contributed by atoms with E-state index in [1.54, 1.807) is 6.33 Å². The number of anilines is 2. The lowest BCUT2D eigenvalue weighted by atomic mass is 9.86. The van der Waals surface area contributed by atoms with Crippen molar-refractivity contribution in [3.05, 3.63) is 42.0 Å². The average molecular weight is 410 g/mol. The summed E-state index contributed by atoms with van der Waals surface area (Å²) in [5, 5.41) is 8.25. The van der Waals surface area contributed by atoms with Crippen molar-refractivity contribution in [1.82, 2.24) is 25.3 Å². The summed E-state index contributed by atoms with van der Waals surface area (Å²) in [5.41, 5.74) is 3.25. The topological polar surface area (TPSA) is 81.8 Å². The normalized spacial score (nSPS) is 18.8. The molecule has 1 fully saturated rings. The lowest BCUT2D eigenvalue weighted by Crippen LogP contribution is -2.31. The third-order valence-electron chi connectivity index (χ3n) is 5.85. The summed E-state index contributed by atoms with van der Waals surface area (Å²) in [5.74, 6) is 2.43. The largest absolute Gasteiger partial charge is 0.362 e. The molecule has 162 valence electrons. The molecule has 2 heterocycles. The van der Waals surface area contributed by atoms with Crippen molar-refractivity contribution in [2.75, 3.05) is 30.9 Å². The van der Waals surface area contributed by atoms with E-state index in [2.05, 4.69) is 44.6 Å². The molecule has 3 N–H and O–H groups in total. The van der Waals surface area contributed by atoms with E-state index in [0.717, 1.165) is 65.9 Å². The molecule has 0 atom stereocenters. The van der Waals surface area contributed by atoms with Gasteiger partial charge in [-0.25, -0.2) is 9.97 Å². The van der Waals surface area contributed by atoms with Gasteiger partial charge in [-0.1, -0.05) is 19.6 Å². The molecule has 0 saturated heterocycles. The van der Waals surface area contributed by atoms with E-state index in [9.17, 15) is 0 Å². The van der Waals surface area contributed by atoms with Gasteiger partial charge in [-0.15, -0.1) is 0 Å². The number of aryl methyl sites for hydroxylation is 1. The van der Waals surface area contributed by atoms with Crippen LogP contribution in [0.1, 0.15) is 44.5 Å². The number of aromatic nitrogens is 4. The number of hydrogen-bond acceptors (Lipinski definition) is 6. The van der Waals surface area contributed by atoms with E-state index >= 15 is 0 Å². The van der Waals surface area contributed by atoms with Crippen molar-refractivity contribution in [2.24, 2.45) is 5.92 Å². The Bertz CT molecular complexity index is 942. The minimum Gasteiger partial charge on any atom is -0.362 e. The zero-order chi connectivity index (χ0) is 20.2. The van der Waals surface area contributed by atoms with Gasteiger partial charge < -0.3 is 20.5 Å². The van der Waals surface area contributed by atoms with E-state index in [1.807, 2.05) is 26.2 Å². The highest BCUT2D eigenvalue weighted by Gasteiger charge is 2.22. The number of para-hydroxylation sites is 1. The van der Waals surface area contributed by atoms with Crippen LogP contribution in [0.5, 0.6) is 0 Å². The van der Waals surface area contributed by atoms with Gasteiger partial charge in [0, 0.05) is 37.8 Å². The quantitative estimate of drug-likeness (QED) is 0.544. The highest BCUT2D eigenvalue weighted by Crippen LogP contribution is 2.28. The summed E-state index contributed by atoms with van der Waals surface area (Å²) in [6.07, 6.45) is 6.51. The number of hydrogen-bond donors (Lipinski definition) is 3. The van der Waals surface area contributed by atoms with E-state index in [-0.39, 0.29) is 7.43 Å². The second-order valence-electron chi connectivity index (χ2n) is 8.25. The summed E-state index contributed by atoms with van der Waals surface area (Å²) < 4.78 is 0. The number of nitrogens with one attached hydrogen (secondary N) is 3. The average Bonchev–Trinajstić information content (AvgIpc) is 3.13. The van der Waals surface area contributed by atoms with Gasteiger partial charge in [0.25, 0.3) is 0 Å². The van der Waals surface area contributed by atoms with Gasteiger partial charge in [0.1, 0.15) is 5.82 Å². The summed E-state index contributed by atoms with van der Waals surface area (Å²) in [6, 6.07) is 8.64. The Balaban J connectivity index is 0.00000256. The van der Waals surface area contributed by atoms with Crippen LogP contribution in [0, 0.1) is 12.8 Å². The van der Waals surface area contributed by atoms with Crippen molar-refractivity contribution in [3.63, 3.8) is 0 Å². The second-order valence-corrected chi connectivity index (χ2v) is 8.25. The van der Waals surface area contributed by atoms with Crippen molar-refractivity contribution >= 4 is 22.7 Å². The fourth-order valence-corrected chi connectivity index (χ4v) is 4.12. The molecule has 1 aromatic carbocycles. The Labute approximate surface area is 179 Å². The molecular formula is C23H35N7. The second kappa shape index (κ2) is 9.89. The minimum atomic E-state index is 0. The summed E-state index contributed by atoms with van der Waals surface area (Å²) in [7, 11) is 4.06. The molecule has 30 heavy (non-hydrogen) atoms. The van der Waals surface area contributed by atoms with Crippen LogP contribution in [-0.4, -0.2) is 46.6 Å². The Hall–Kier alpha value is -2.67. The monoisotopic (exact) mass is 409 g/mol. The first-order valence-electron chi connectivity index (χ1n) is 10.5. The zero-order valence-corrected chi connectivity index (χ0v) is 17.6. The van der Waals surface area contributed by atoms with Crippen molar-refractivity contribution < 1.29 is 0 Å². The summed E-state index contributed by atoms with van der Waals surface area (Å²) in [4.78, 5) is 19.1. The highest BCUT2D eigenvalue weighted by atomic mass is 15.2. The maximum Gasteiger partial charge on any atom is 0.225 e. The summed E-state index contributed by atoms with van der Waals surface area (Å²) >= 11 is 0. The van der Waals surface area contributed by atoms with E-state index < -0.39 is 0 Å². The molecule has 1 aliphatic rings. The molecule has 7 heteroatoms.